The van der Waals surface area contributed by atoms with Gasteiger partial charge in [0.05, 0.1) is 0 Å². The third kappa shape index (κ3) is 4.37. The molecule has 0 unspecified atom stereocenters. The first-order valence-electron chi connectivity index (χ1n) is 5.28. The number of rotatable bonds is 2. The van der Waals surface area contributed by atoms with Crippen LogP contribution >= 0.6 is 8.46 Å². The maximum absolute atomic E-state index is 9.27. The summed E-state index contributed by atoms with van der Waals surface area (Å²) in [5.74, 6) is 0. The molecular weight excluding hydrogens is 215 g/mol. The molecule has 0 saturated heterocycles. The lowest BCUT2D eigenvalue weighted by molar-refractivity contribution is 0.599. The first-order valence-corrected chi connectivity index (χ1v) is 6.27. The van der Waals surface area contributed by atoms with Gasteiger partial charge in [-0.3, -0.25) is 4.57 Å². The van der Waals surface area contributed by atoms with Crippen LogP contribution in [-0.2, 0) is 4.57 Å². The van der Waals surface area contributed by atoms with Gasteiger partial charge in [0.1, 0.15) is 0 Å². The average molecular weight is 230 g/mol. The summed E-state index contributed by atoms with van der Waals surface area (Å²) in [5, 5.41) is 0. The molecule has 0 saturated carbocycles. The lowest BCUT2D eigenvalue weighted by Gasteiger charge is -1.98. The second kappa shape index (κ2) is 7.78. The van der Waals surface area contributed by atoms with Gasteiger partial charge in [-0.15, -0.1) is 0 Å². The van der Waals surface area contributed by atoms with Gasteiger partial charge in [-0.05, 0) is 11.1 Å². The van der Waals surface area contributed by atoms with E-state index in [0.29, 0.717) is 0 Å². The molecule has 0 amide bonds. The molecular formula is C14H15OP. The highest BCUT2D eigenvalue weighted by Crippen LogP contribution is 2.17. The fourth-order valence-corrected chi connectivity index (χ4v) is 1.26. The number of hydrogen-bond donors (Lipinski definition) is 0. The highest BCUT2D eigenvalue weighted by Gasteiger charge is 1.91. The molecule has 1 nitrogen and oxygen atoms in total. The predicted molar refractivity (Wildman–Crippen MR) is 70.0 cm³/mol. The maximum atomic E-state index is 9.27. The standard InChI is InChI=1S/C12H10.C2H5OP/c1-3-7-11(8-4-1)12-9-5-2-6-10-12;1-2-4-3/h1-10H;2H2,1H3. The highest BCUT2D eigenvalue weighted by molar-refractivity contribution is 7.23. The monoisotopic (exact) mass is 230 g/mol. The normalized spacial score (nSPS) is 9.31. The Labute approximate surface area is 98.3 Å². The molecule has 0 atom stereocenters. The lowest BCUT2D eigenvalue weighted by atomic mass is 10.1. The minimum atomic E-state index is 0.248. The van der Waals surface area contributed by atoms with Crippen LogP contribution in [0.1, 0.15) is 6.92 Å². The Kier molecular flexibility index (Phi) is 6.13. The SMILES string of the molecule is CCP=O.c1ccc(-c2ccccc2)cc1. The van der Waals surface area contributed by atoms with Gasteiger partial charge in [0, 0.05) is 6.16 Å². The van der Waals surface area contributed by atoms with Crippen molar-refractivity contribution in [2.24, 2.45) is 0 Å². The van der Waals surface area contributed by atoms with Gasteiger partial charge < -0.3 is 0 Å². The Balaban J connectivity index is 0.000000280. The molecule has 0 aliphatic heterocycles. The van der Waals surface area contributed by atoms with E-state index in [0.717, 1.165) is 6.16 Å². The molecule has 2 rings (SSSR count). The molecule has 0 radical (unpaired) electrons. The second-order valence-electron chi connectivity index (χ2n) is 3.18. The summed E-state index contributed by atoms with van der Waals surface area (Å²) in [6.45, 7) is 1.86. The van der Waals surface area contributed by atoms with Crippen LogP contribution in [0.25, 0.3) is 11.1 Å². The van der Waals surface area contributed by atoms with Crippen molar-refractivity contribution in [3.8, 4) is 11.1 Å². The van der Waals surface area contributed by atoms with Crippen LogP contribution in [0.3, 0.4) is 0 Å². The zero-order chi connectivity index (χ0) is 11.6. The van der Waals surface area contributed by atoms with E-state index < -0.39 is 0 Å². The molecule has 2 aromatic carbocycles. The molecule has 0 heterocycles. The van der Waals surface area contributed by atoms with E-state index in [9.17, 15) is 4.57 Å². The molecule has 0 spiro atoms. The summed E-state index contributed by atoms with van der Waals surface area (Å²) >= 11 is 0. The van der Waals surface area contributed by atoms with E-state index in [1.54, 1.807) is 0 Å². The third-order valence-electron chi connectivity index (χ3n) is 2.01. The smallest absolute Gasteiger partial charge is 0.154 e. The Morgan fingerprint density at radius 1 is 0.812 bits per heavy atom. The van der Waals surface area contributed by atoms with Crippen molar-refractivity contribution in [2.75, 3.05) is 6.16 Å². The summed E-state index contributed by atoms with van der Waals surface area (Å²) < 4.78 is 9.27. The molecule has 0 aliphatic carbocycles. The Morgan fingerprint density at radius 2 is 1.12 bits per heavy atom. The van der Waals surface area contributed by atoms with Crippen LogP contribution in [0.4, 0.5) is 0 Å². The molecule has 0 aromatic heterocycles. The number of hydrogen-bond acceptors (Lipinski definition) is 1. The van der Waals surface area contributed by atoms with Gasteiger partial charge in [0.2, 0.25) is 0 Å². The van der Waals surface area contributed by atoms with E-state index >= 15 is 0 Å². The fourth-order valence-electron chi connectivity index (χ4n) is 1.26. The van der Waals surface area contributed by atoms with Crippen molar-refractivity contribution in [2.45, 2.75) is 6.92 Å². The average Bonchev–Trinajstić information content (AvgIpc) is 2.41. The Hall–Kier alpha value is -1.46. The maximum Gasteiger partial charge on any atom is 0.154 e. The van der Waals surface area contributed by atoms with Gasteiger partial charge >= 0.3 is 0 Å². The quantitative estimate of drug-likeness (QED) is 0.686. The molecule has 16 heavy (non-hydrogen) atoms. The van der Waals surface area contributed by atoms with Crippen molar-refractivity contribution >= 4 is 8.46 Å². The van der Waals surface area contributed by atoms with E-state index in [2.05, 4.69) is 48.5 Å². The summed E-state index contributed by atoms with van der Waals surface area (Å²) in [6.07, 6.45) is 0.736. The molecule has 82 valence electrons. The van der Waals surface area contributed by atoms with Gasteiger partial charge in [0.25, 0.3) is 0 Å². The van der Waals surface area contributed by atoms with Crippen molar-refractivity contribution in [3.05, 3.63) is 60.7 Å². The van der Waals surface area contributed by atoms with E-state index in [-0.39, 0.29) is 8.46 Å². The minimum Gasteiger partial charge on any atom is -0.275 e. The molecule has 0 aliphatic rings. The lowest BCUT2D eigenvalue weighted by Crippen LogP contribution is -1.73. The Morgan fingerprint density at radius 3 is 1.38 bits per heavy atom. The van der Waals surface area contributed by atoms with Crippen LogP contribution in [0, 0.1) is 0 Å². The van der Waals surface area contributed by atoms with E-state index in [1.807, 2.05) is 19.1 Å². The third-order valence-corrected chi connectivity index (χ3v) is 2.27. The van der Waals surface area contributed by atoms with Crippen molar-refractivity contribution in [3.63, 3.8) is 0 Å². The van der Waals surface area contributed by atoms with Crippen LogP contribution < -0.4 is 0 Å². The van der Waals surface area contributed by atoms with Crippen LogP contribution in [-0.4, -0.2) is 6.16 Å². The Bertz CT molecular complexity index is 360. The minimum absolute atomic E-state index is 0.248. The molecule has 0 fully saturated rings. The van der Waals surface area contributed by atoms with E-state index in [1.165, 1.54) is 11.1 Å². The summed E-state index contributed by atoms with van der Waals surface area (Å²) in [5.41, 5.74) is 2.55. The number of benzene rings is 2. The summed E-state index contributed by atoms with van der Waals surface area (Å²) in [6, 6.07) is 20.8. The molecule has 0 N–H and O–H groups in total. The molecule has 0 bridgehead atoms. The van der Waals surface area contributed by atoms with Crippen LogP contribution in [0.5, 0.6) is 0 Å². The van der Waals surface area contributed by atoms with Crippen LogP contribution in [0.15, 0.2) is 60.7 Å². The molecule has 2 heteroatoms. The van der Waals surface area contributed by atoms with Crippen molar-refractivity contribution in [1.82, 2.24) is 0 Å². The first-order chi connectivity index (χ1) is 7.88. The summed E-state index contributed by atoms with van der Waals surface area (Å²) in [7, 11) is 0.248. The zero-order valence-electron chi connectivity index (χ0n) is 9.34. The van der Waals surface area contributed by atoms with Crippen molar-refractivity contribution in [1.29, 1.82) is 0 Å². The fraction of sp³-hybridized carbons (Fsp3) is 0.143. The van der Waals surface area contributed by atoms with Crippen LogP contribution in [0.2, 0.25) is 0 Å². The predicted octanol–water partition coefficient (Wildman–Crippen LogP) is 4.65. The van der Waals surface area contributed by atoms with E-state index in [4.69, 9.17) is 0 Å². The van der Waals surface area contributed by atoms with Crippen molar-refractivity contribution < 1.29 is 4.57 Å². The van der Waals surface area contributed by atoms with Gasteiger partial charge in [-0.25, -0.2) is 0 Å². The van der Waals surface area contributed by atoms with Gasteiger partial charge in [-0.2, -0.15) is 0 Å². The van der Waals surface area contributed by atoms with Gasteiger partial charge in [-0.1, -0.05) is 67.6 Å². The zero-order valence-corrected chi connectivity index (χ0v) is 10.2. The largest absolute Gasteiger partial charge is 0.275 e. The second-order valence-corrected chi connectivity index (χ2v) is 4.07. The topological polar surface area (TPSA) is 17.1 Å². The molecule has 2 aromatic rings. The summed E-state index contributed by atoms with van der Waals surface area (Å²) in [4.78, 5) is 0. The van der Waals surface area contributed by atoms with Gasteiger partial charge in [0.15, 0.2) is 8.46 Å². The highest BCUT2D eigenvalue weighted by atomic mass is 31.1. The first kappa shape index (κ1) is 12.6.